The number of thiazole rings is 1. The van der Waals surface area contributed by atoms with Crippen molar-refractivity contribution in [1.82, 2.24) is 9.88 Å². The van der Waals surface area contributed by atoms with E-state index in [1.165, 1.54) is 12.1 Å². The highest BCUT2D eigenvalue weighted by Gasteiger charge is 2.21. The molecule has 0 aliphatic rings. The Morgan fingerprint density at radius 3 is 2.47 bits per heavy atom. The molecular weight excluding hydrogens is 470 g/mol. The fourth-order valence-electron chi connectivity index (χ4n) is 3.51. The van der Waals surface area contributed by atoms with Crippen molar-refractivity contribution in [2.24, 2.45) is 0 Å². The van der Waals surface area contributed by atoms with Crippen molar-refractivity contribution in [2.75, 3.05) is 4.72 Å². The Bertz CT molecular complexity index is 1490. The Labute approximate surface area is 202 Å². The number of sulfonamides is 1. The van der Waals surface area contributed by atoms with E-state index in [-0.39, 0.29) is 33.0 Å². The number of hydrogen-bond donors (Lipinski definition) is 2. The average molecular weight is 496 g/mol. The molecule has 0 spiro atoms. The van der Waals surface area contributed by atoms with Gasteiger partial charge < -0.3 is 5.32 Å². The summed E-state index contributed by atoms with van der Waals surface area (Å²) in [6.07, 6.45) is 0.756. The molecule has 0 aliphatic carbocycles. The maximum atomic E-state index is 13.2. The first-order chi connectivity index (χ1) is 16.3. The monoisotopic (exact) mass is 495 g/mol. The van der Waals surface area contributed by atoms with Crippen molar-refractivity contribution in [2.45, 2.75) is 37.8 Å². The Hall–Kier alpha value is -3.43. The molecule has 4 aromatic rings. The summed E-state index contributed by atoms with van der Waals surface area (Å²) in [6, 6.07) is 20.7. The van der Waals surface area contributed by atoms with Crippen LogP contribution in [0.2, 0.25) is 0 Å². The molecule has 0 saturated carbocycles. The van der Waals surface area contributed by atoms with Crippen molar-refractivity contribution in [3.05, 3.63) is 93.6 Å². The number of fused-ring (bicyclic) bond motifs is 1. The molecule has 1 amide bonds. The van der Waals surface area contributed by atoms with Crippen molar-refractivity contribution in [3.63, 3.8) is 0 Å². The quantitative estimate of drug-likeness (QED) is 0.378. The van der Waals surface area contributed by atoms with Gasteiger partial charge in [-0.3, -0.25) is 18.9 Å². The number of nitrogens with one attached hydrogen (secondary N) is 2. The van der Waals surface area contributed by atoms with Crippen LogP contribution in [0, 0.1) is 0 Å². The minimum Gasteiger partial charge on any atom is -0.350 e. The van der Waals surface area contributed by atoms with Gasteiger partial charge in [0.25, 0.3) is 15.9 Å². The molecule has 0 bridgehead atoms. The lowest BCUT2D eigenvalue weighted by atomic mass is 10.1. The molecule has 1 heterocycles. The van der Waals surface area contributed by atoms with Gasteiger partial charge in [-0.2, -0.15) is 0 Å². The molecule has 0 unspecified atom stereocenters. The SMILES string of the molecule is CC[C@H](C)NC(=O)c1ccccc1NS(=O)(=O)c1ccc2c(c1)sc(=O)n2Cc1ccccc1. The molecule has 4 rings (SSSR count). The zero-order valence-electron chi connectivity index (χ0n) is 18.8. The standard InChI is InChI=1S/C25H25N3O4S2/c1-3-17(2)26-24(29)20-11-7-8-12-21(20)27-34(31,32)19-13-14-22-23(15-19)33-25(30)28(22)16-18-9-5-4-6-10-18/h4-15,17,27H,3,16H2,1-2H3,(H,26,29)/t17-/m0/s1. The van der Waals surface area contributed by atoms with E-state index in [1.807, 2.05) is 44.2 Å². The Balaban J connectivity index is 1.64. The first-order valence-corrected chi connectivity index (χ1v) is 13.2. The highest BCUT2D eigenvalue weighted by Crippen LogP contribution is 2.25. The molecule has 3 aromatic carbocycles. The fourth-order valence-corrected chi connectivity index (χ4v) is 5.62. The van der Waals surface area contributed by atoms with E-state index in [4.69, 9.17) is 0 Å². The molecule has 0 radical (unpaired) electrons. The zero-order valence-corrected chi connectivity index (χ0v) is 20.4. The van der Waals surface area contributed by atoms with Gasteiger partial charge in [-0.25, -0.2) is 8.42 Å². The number of carbonyl (C=O) groups is 1. The third kappa shape index (κ3) is 5.05. The van der Waals surface area contributed by atoms with Gasteiger partial charge in [-0.05, 0) is 49.2 Å². The third-order valence-corrected chi connectivity index (χ3v) is 7.84. The lowest BCUT2D eigenvalue weighted by Crippen LogP contribution is -2.32. The minimum absolute atomic E-state index is 0.0187. The largest absolute Gasteiger partial charge is 0.350 e. The van der Waals surface area contributed by atoms with E-state index >= 15 is 0 Å². The lowest BCUT2D eigenvalue weighted by Gasteiger charge is -2.15. The number of nitrogens with zero attached hydrogens (tertiary/aromatic N) is 1. The number of anilines is 1. The third-order valence-electron chi connectivity index (χ3n) is 5.54. The van der Waals surface area contributed by atoms with Crippen LogP contribution in [-0.4, -0.2) is 24.9 Å². The molecule has 176 valence electrons. The van der Waals surface area contributed by atoms with Crippen LogP contribution in [0.4, 0.5) is 5.69 Å². The van der Waals surface area contributed by atoms with Gasteiger partial charge >= 0.3 is 4.87 Å². The van der Waals surface area contributed by atoms with E-state index in [0.717, 1.165) is 23.3 Å². The predicted molar refractivity (Wildman–Crippen MR) is 136 cm³/mol. The molecule has 34 heavy (non-hydrogen) atoms. The van der Waals surface area contributed by atoms with E-state index in [9.17, 15) is 18.0 Å². The normalized spacial score (nSPS) is 12.4. The molecule has 7 nitrogen and oxygen atoms in total. The van der Waals surface area contributed by atoms with Gasteiger partial charge in [0.1, 0.15) is 0 Å². The van der Waals surface area contributed by atoms with Crippen molar-refractivity contribution < 1.29 is 13.2 Å². The van der Waals surface area contributed by atoms with Crippen LogP contribution >= 0.6 is 11.3 Å². The van der Waals surface area contributed by atoms with Crippen LogP contribution in [0.25, 0.3) is 10.2 Å². The van der Waals surface area contributed by atoms with Crippen molar-refractivity contribution in [1.29, 1.82) is 0 Å². The van der Waals surface area contributed by atoms with E-state index in [0.29, 0.717) is 16.8 Å². The highest BCUT2D eigenvalue weighted by atomic mass is 32.2. The summed E-state index contributed by atoms with van der Waals surface area (Å²) in [5.74, 6) is -0.348. The second-order valence-electron chi connectivity index (χ2n) is 8.00. The summed E-state index contributed by atoms with van der Waals surface area (Å²) in [6.45, 7) is 4.25. The summed E-state index contributed by atoms with van der Waals surface area (Å²) in [5, 5.41) is 2.86. The topological polar surface area (TPSA) is 97.3 Å². The van der Waals surface area contributed by atoms with Crippen LogP contribution in [-0.2, 0) is 16.6 Å². The molecule has 1 aromatic heterocycles. The predicted octanol–water partition coefficient (Wildman–Crippen LogP) is 4.44. The summed E-state index contributed by atoms with van der Waals surface area (Å²) in [5.41, 5.74) is 2.09. The van der Waals surface area contributed by atoms with Gasteiger partial charge in [-0.1, -0.05) is 60.7 Å². The minimum atomic E-state index is -3.99. The van der Waals surface area contributed by atoms with Crippen molar-refractivity contribution >= 4 is 43.2 Å². The first kappa shape index (κ1) is 23.7. The van der Waals surface area contributed by atoms with E-state index in [2.05, 4.69) is 10.0 Å². The van der Waals surface area contributed by atoms with Crippen LogP contribution in [0.1, 0.15) is 36.2 Å². The average Bonchev–Trinajstić information content (AvgIpc) is 3.13. The number of rotatable bonds is 8. The number of para-hydroxylation sites is 1. The van der Waals surface area contributed by atoms with Crippen LogP contribution in [0.5, 0.6) is 0 Å². The Kier molecular flexibility index (Phi) is 6.85. The Morgan fingerprint density at radius 2 is 1.74 bits per heavy atom. The van der Waals surface area contributed by atoms with Crippen LogP contribution in [0.15, 0.2) is 82.5 Å². The summed E-state index contributed by atoms with van der Waals surface area (Å²) >= 11 is 1.00. The summed E-state index contributed by atoms with van der Waals surface area (Å²) in [4.78, 5) is 25.1. The van der Waals surface area contributed by atoms with Gasteiger partial charge in [0, 0.05) is 6.04 Å². The number of aromatic nitrogens is 1. The second-order valence-corrected chi connectivity index (χ2v) is 10.7. The number of benzene rings is 3. The van der Waals surface area contributed by atoms with Crippen molar-refractivity contribution in [3.8, 4) is 0 Å². The van der Waals surface area contributed by atoms with E-state index in [1.54, 1.807) is 34.9 Å². The summed E-state index contributed by atoms with van der Waals surface area (Å²) < 4.78 is 31.1. The number of amides is 1. The first-order valence-electron chi connectivity index (χ1n) is 10.9. The molecule has 0 saturated heterocycles. The van der Waals surface area contributed by atoms with Gasteiger partial charge in [0.2, 0.25) is 0 Å². The maximum Gasteiger partial charge on any atom is 0.308 e. The van der Waals surface area contributed by atoms with Crippen LogP contribution < -0.4 is 14.9 Å². The van der Waals surface area contributed by atoms with Gasteiger partial charge in [0.15, 0.2) is 0 Å². The molecule has 1 atom stereocenters. The number of carbonyl (C=O) groups excluding carboxylic acids is 1. The molecule has 0 aliphatic heterocycles. The smallest absolute Gasteiger partial charge is 0.308 e. The molecule has 2 N–H and O–H groups in total. The number of hydrogen-bond acceptors (Lipinski definition) is 5. The maximum absolute atomic E-state index is 13.2. The van der Waals surface area contributed by atoms with Gasteiger partial charge in [-0.15, -0.1) is 0 Å². The highest BCUT2D eigenvalue weighted by molar-refractivity contribution is 7.92. The molecular formula is C25H25N3O4S2. The fraction of sp³-hybridized carbons (Fsp3) is 0.200. The van der Waals surface area contributed by atoms with Gasteiger partial charge in [0.05, 0.1) is 32.9 Å². The second kappa shape index (κ2) is 9.82. The van der Waals surface area contributed by atoms with E-state index < -0.39 is 10.0 Å². The molecule has 9 heteroatoms. The zero-order chi connectivity index (χ0) is 24.3. The Morgan fingerprint density at radius 1 is 1.03 bits per heavy atom. The molecule has 0 fully saturated rings. The summed E-state index contributed by atoms with van der Waals surface area (Å²) in [7, 11) is -3.99. The lowest BCUT2D eigenvalue weighted by molar-refractivity contribution is 0.0940. The van der Waals surface area contributed by atoms with Crippen LogP contribution in [0.3, 0.4) is 0 Å².